The van der Waals surface area contributed by atoms with Gasteiger partial charge in [-0.25, -0.2) is 4.79 Å². The van der Waals surface area contributed by atoms with Crippen LogP contribution in [0.4, 0.5) is 4.79 Å². The molecule has 0 unspecified atom stereocenters. The molecular weight excluding hydrogens is 809 g/mol. The fourth-order valence-corrected chi connectivity index (χ4v) is 7.83. The summed E-state index contributed by atoms with van der Waals surface area (Å²) >= 11 is 0. The molecule has 0 aromatic heterocycles. The van der Waals surface area contributed by atoms with Gasteiger partial charge >= 0.3 is 12.1 Å². The SMILES string of the molecule is CC[C@H](C)[C@H](NC(=O)[C@H](CC(C)C)N(C)C(=O)OCC[Si](C)(C)C)C(=O)N(C)[C@@H](C)C(=O)N1CC[C@H]1C(=O)N(CC)[C@@H](Cc1ccc(C)cc1)C(=O)N(C)CC(=O)OC(C)(C)C. The van der Waals surface area contributed by atoms with E-state index >= 15 is 0 Å². The summed E-state index contributed by atoms with van der Waals surface area (Å²) in [6.45, 7) is 25.1. The Balaban J connectivity index is 2.32. The molecule has 1 fully saturated rings. The van der Waals surface area contributed by atoms with E-state index in [0.29, 0.717) is 19.3 Å². The van der Waals surface area contributed by atoms with Gasteiger partial charge in [0.05, 0.1) is 6.61 Å². The lowest BCUT2D eigenvalue weighted by atomic mass is 9.95. The number of nitrogens with zero attached hydrogens (tertiary/aromatic N) is 5. The van der Waals surface area contributed by atoms with Gasteiger partial charge in [0.25, 0.3) is 0 Å². The van der Waals surface area contributed by atoms with Gasteiger partial charge in [-0.1, -0.05) is 83.6 Å². The van der Waals surface area contributed by atoms with Crippen LogP contribution in [-0.2, 0) is 44.7 Å². The molecule has 0 radical (unpaired) electrons. The Morgan fingerprint density at radius 3 is 1.97 bits per heavy atom. The van der Waals surface area contributed by atoms with Crippen molar-refractivity contribution in [1.82, 2.24) is 29.8 Å². The molecule has 1 heterocycles. The van der Waals surface area contributed by atoms with E-state index in [0.717, 1.165) is 17.2 Å². The lowest BCUT2D eigenvalue weighted by Gasteiger charge is -2.45. The molecule has 15 nitrogen and oxygen atoms in total. The van der Waals surface area contributed by atoms with Gasteiger partial charge in [0.1, 0.15) is 42.4 Å². The first kappa shape index (κ1) is 53.7. The van der Waals surface area contributed by atoms with E-state index in [-0.39, 0.29) is 44.5 Å². The van der Waals surface area contributed by atoms with Gasteiger partial charge in [-0.05, 0) is 77.8 Å². The predicted molar refractivity (Wildman–Crippen MR) is 244 cm³/mol. The molecule has 1 aromatic carbocycles. The summed E-state index contributed by atoms with van der Waals surface area (Å²) in [5, 5.41) is 2.92. The van der Waals surface area contributed by atoms with Crippen LogP contribution in [0, 0.1) is 18.8 Å². The van der Waals surface area contributed by atoms with Crippen LogP contribution in [0.5, 0.6) is 0 Å². The summed E-state index contributed by atoms with van der Waals surface area (Å²) < 4.78 is 11.0. The molecule has 6 amide bonds. The molecule has 0 bridgehead atoms. The number of carbonyl (C=O) groups excluding carboxylic acids is 7. The Bertz CT molecular complexity index is 1710. The highest BCUT2D eigenvalue weighted by Crippen LogP contribution is 2.26. The maximum atomic E-state index is 14.4. The Morgan fingerprint density at radius 1 is 0.887 bits per heavy atom. The fourth-order valence-electron chi connectivity index (χ4n) is 7.12. The molecule has 62 heavy (non-hydrogen) atoms. The van der Waals surface area contributed by atoms with E-state index in [1.807, 2.05) is 58.9 Å². The molecule has 0 aliphatic carbocycles. The van der Waals surface area contributed by atoms with Crippen LogP contribution in [0.3, 0.4) is 0 Å². The summed E-state index contributed by atoms with van der Waals surface area (Å²) in [7, 11) is 3.08. The molecule has 1 aliphatic rings. The van der Waals surface area contributed by atoms with Gasteiger partial charge in [-0.15, -0.1) is 0 Å². The van der Waals surface area contributed by atoms with E-state index in [2.05, 4.69) is 25.0 Å². The minimum atomic E-state index is -1.46. The zero-order chi connectivity index (χ0) is 47.4. The molecule has 6 atom stereocenters. The monoisotopic (exact) mass is 887 g/mol. The summed E-state index contributed by atoms with van der Waals surface area (Å²) in [5.74, 6) is -3.12. The van der Waals surface area contributed by atoms with E-state index in [1.165, 1.54) is 45.6 Å². The first-order chi connectivity index (χ1) is 28.6. The summed E-state index contributed by atoms with van der Waals surface area (Å²) in [6, 6.07) is 3.68. The number of hydrogen-bond donors (Lipinski definition) is 1. The van der Waals surface area contributed by atoms with Gasteiger partial charge in [0.2, 0.25) is 29.5 Å². The third kappa shape index (κ3) is 15.7. The van der Waals surface area contributed by atoms with Gasteiger partial charge in [0, 0.05) is 48.7 Å². The number of nitrogens with one attached hydrogen (secondary N) is 1. The first-order valence-corrected chi connectivity index (χ1v) is 25.9. The van der Waals surface area contributed by atoms with E-state index in [1.54, 1.807) is 34.6 Å². The molecule has 16 heteroatoms. The van der Waals surface area contributed by atoms with Gasteiger partial charge < -0.3 is 34.4 Å². The normalized spacial score (nSPS) is 16.5. The second kappa shape index (κ2) is 23.3. The largest absolute Gasteiger partial charge is 0.459 e. The minimum Gasteiger partial charge on any atom is -0.459 e. The summed E-state index contributed by atoms with van der Waals surface area (Å²) in [5.41, 5.74) is 1.11. The highest BCUT2D eigenvalue weighted by atomic mass is 28.3. The third-order valence-corrected chi connectivity index (χ3v) is 13.2. The smallest absolute Gasteiger partial charge is 0.410 e. The van der Waals surface area contributed by atoms with Gasteiger partial charge in [0.15, 0.2) is 0 Å². The first-order valence-electron chi connectivity index (χ1n) is 22.2. The van der Waals surface area contributed by atoms with E-state index in [4.69, 9.17) is 9.47 Å². The van der Waals surface area contributed by atoms with Crippen molar-refractivity contribution in [1.29, 1.82) is 0 Å². The average molecular weight is 887 g/mol. The summed E-state index contributed by atoms with van der Waals surface area (Å²) in [4.78, 5) is 104. The number of likely N-dealkylation sites (N-methyl/N-ethyl adjacent to an activating group) is 4. The standard InChI is InChI=1S/C46H78N6O9Si/c1-17-32(6)39(47-40(54)36(27-30(3)4)50(13)45(59)60-25-26-62(14,15)16)44(58)49(12)33(7)41(55)52-24-23-35(52)43(57)51(18-2)37(28-34-21-19-31(5)20-22-34)42(56)48(11)29-38(53)61-46(8,9)10/h19-22,30,32-33,35-37,39H,17-18,23-29H2,1-16H3,(H,47,54)/t32-,33-,35-,36-,37-,39-/m0/s1. The Hall–Kier alpha value is -4.47. The van der Waals surface area contributed by atoms with Gasteiger partial charge in [-0.2, -0.15) is 0 Å². The number of aryl methyl sites for hydroxylation is 1. The number of esters is 1. The Morgan fingerprint density at radius 2 is 1.48 bits per heavy atom. The van der Waals surface area contributed by atoms with Crippen molar-refractivity contribution in [2.24, 2.45) is 11.8 Å². The van der Waals surface area contributed by atoms with Gasteiger partial charge in [-0.3, -0.25) is 33.7 Å². The van der Waals surface area contributed by atoms with Crippen LogP contribution in [-0.4, -0.2) is 157 Å². The van der Waals surface area contributed by atoms with Crippen LogP contribution in [0.25, 0.3) is 0 Å². The zero-order valence-electron chi connectivity index (χ0n) is 40.6. The van der Waals surface area contributed by atoms with Crippen molar-refractivity contribution in [3.8, 4) is 0 Å². The molecule has 350 valence electrons. The zero-order valence-corrected chi connectivity index (χ0v) is 41.6. The molecule has 1 saturated heterocycles. The van der Waals surface area contributed by atoms with Crippen molar-refractivity contribution < 1.29 is 43.0 Å². The highest BCUT2D eigenvalue weighted by molar-refractivity contribution is 6.76. The fraction of sp³-hybridized carbons (Fsp3) is 0.717. The number of likely N-dealkylation sites (tertiary alicyclic amines) is 1. The number of carbonyl (C=O) groups is 7. The molecular formula is C46H78N6O9Si. The quantitative estimate of drug-likeness (QED) is 0.127. The lowest BCUT2D eigenvalue weighted by molar-refractivity contribution is -0.162. The Kier molecular flexibility index (Phi) is 20.1. The van der Waals surface area contributed by atoms with Crippen LogP contribution in [0.1, 0.15) is 92.7 Å². The van der Waals surface area contributed by atoms with Crippen molar-refractivity contribution in [3.63, 3.8) is 0 Å². The van der Waals surface area contributed by atoms with Crippen molar-refractivity contribution >= 4 is 49.7 Å². The third-order valence-electron chi connectivity index (χ3n) is 11.5. The van der Waals surface area contributed by atoms with Crippen LogP contribution >= 0.6 is 0 Å². The molecule has 0 saturated carbocycles. The second-order valence-corrected chi connectivity index (χ2v) is 25.2. The van der Waals surface area contributed by atoms with Crippen LogP contribution in [0.2, 0.25) is 25.7 Å². The number of rotatable bonds is 21. The van der Waals surface area contributed by atoms with E-state index in [9.17, 15) is 33.6 Å². The molecule has 1 aromatic rings. The topological polar surface area (TPSA) is 166 Å². The number of ether oxygens (including phenoxy) is 2. The van der Waals surface area contributed by atoms with Crippen molar-refractivity contribution in [2.75, 3.05) is 47.4 Å². The minimum absolute atomic E-state index is 0.0472. The number of benzene rings is 1. The number of hydrogen-bond acceptors (Lipinski definition) is 9. The number of amides is 6. The van der Waals surface area contributed by atoms with Crippen molar-refractivity contribution in [3.05, 3.63) is 35.4 Å². The predicted octanol–water partition coefficient (Wildman–Crippen LogP) is 5.35. The molecule has 1 N–H and O–H groups in total. The average Bonchev–Trinajstić information content (AvgIpc) is 3.15. The van der Waals surface area contributed by atoms with E-state index < -0.39 is 85.5 Å². The second-order valence-electron chi connectivity index (χ2n) is 19.6. The van der Waals surface area contributed by atoms with Crippen LogP contribution in [0.15, 0.2) is 24.3 Å². The Labute approximate surface area is 372 Å². The van der Waals surface area contributed by atoms with Crippen LogP contribution < -0.4 is 5.32 Å². The molecule has 1 aliphatic heterocycles. The molecule has 0 spiro atoms. The maximum Gasteiger partial charge on any atom is 0.410 e. The van der Waals surface area contributed by atoms with Crippen molar-refractivity contribution in [2.45, 2.75) is 156 Å². The highest BCUT2D eigenvalue weighted by Gasteiger charge is 2.45. The molecule has 2 rings (SSSR count). The maximum absolute atomic E-state index is 14.4. The summed E-state index contributed by atoms with van der Waals surface area (Å²) in [6.07, 6.45) is 0.824. The lowest BCUT2D eigenvalue weighted by Crippen LogP contribution is -2.65.